The Labute approximate surface area is 176 Å². The van der Waals surface area contributed by atoms with E-state index in [2.05, 4.69) is 5.32 Å². The molecule has 0 aromatic heterocycles. The fraction of sp³-hybridized carbons (Fsp3) is 0.381. The van der Waals surface area contributed by atoms with Crippen molar-refractivity contribution in [3.63, 3.8) is 0 Å². The molecule has 0 spiro atoms. The van der Waals surface area contributed by atoms with Gasteiger partial charge in [0.15, 0.2) is 0 Å². The van der Waals surface area contributed by atoms with E-state index in [1.54, 1.807) is 7.11 Å². The second-order valence-electron chi connectivity index (χ2n) is 7.00. The van der Waals surface area contributed by atoms with Crippen molar-refractivity contribution < 1.29 is 17.9 Å². The molecule has 1 aliphatic rings. The van der Waals surface area contributed by atoms with E-state index in [9.17, 15) is 13.2 Å². The molecule has 1 amide bonds. The molecular weight excluding hydrogens is 412 g/mol. The molecule has 1 fully saturated rings. The number of nitrogens with zero attached hydrogens (tertiary/aromatic N) is 1. The van der Waals surface area contributed by atoms with Gasteiger partial charge < -0.3 is 10.1 Å². The summed E-state index contributed by atoms with van der Waals surface area (Å²) in [6.07, 6.45) is 3.70. The number of sulfonamides is 1. The standard InChI is InChI=1S/C21H25ClN2O4S/c1-28-18-8-6-7-16(13-18)15-23-21(25)17-9-10-19(22)20(14-17)29(26,27)24-11-4-2-3-5-12-24/h6-10,13-14H,2-5,11-12,15H2,1H3,(H,23,25). The van der Waals surface area contributed by atoms with Gasteiger partial charge in [-0.2, -0.15) is 4.31 Å². The first-order valence-corrected chi connectivity index (χ1v) is 11.4. The molecule has 8 heteroatoms. The van der Waals surface area contributed by atoms with Crippen LogP contribution in [0.1, 0.15) is 41.6 Å². The number of ether oxygens (including phenoxy) is 1. The predicted octanol–water partition coefficient (Wildman–Crippen LogP) is 3.84. The summed E-state index contributed by atoms with van der Waals surface area (Å²) < 4.78 is 32.8. The number of amides is 1. The Bertz CT molecular complexity index is 970. The number of carbonyl (C=O) groups excluding carboxylic acids is 1. The number of nitrogens with one attached hydrogen (secondary N) is 1. The number of methoxy groups -OCH3 is 1. The van der Waals surface area contributed by atoms with Crippen LogP contribution < -0.4 is 10.1 Å². The second-order valence-corrected chi connectivity index (χ2v) is 9.31. The molecule has 0 atom stereocenters. The lowest BCUT2D eigenvalue weighted by atomic mass is 10.2. The maximum atomic E-state index is 13.1. The van der Waals surface area contributed by atoms with E-state index in [-0.39, 0.29) is 21.4 Å². The first kappa shape index (κ1) is 21.6. The van der Waals surface area contributed by atoms with Gasteiger partial charge in [0.05, 0.1) is 12.1 Å². The molecular formula is C21H25ClN2O4S. The zero-order chi connectivity index (χ0) is 20.9. The molecule has 6 nitrogen and oxygen atoms in total. The number of hydrogen-bond acceptors (Lipinski definition) is 4. The van der Waals surface area contributed by atoms with Gasteiger partial charge >= 0.3 is 0 Å². The summed E-state index contributed by atoms with van der Waals surface area (Å²) in [5.41, 5.74) is 1.13. The lowest BCUT2D eigenvalue weighted by molar-refractivity contribution is 0.0950. The molecule has 1 heterocycles. The van der Waals surface area contributed by atoms with Crippen molar-refractivity contribution in [1.82, 2.24) is 9.62 Å². The normalized spacial score (nSPS) is 15.5. The van der Waals surface area contributed by atoms with Crippen LogP contribution in [0.3, 0.4) is 0 Å². The van der Waals surface area contributed by atoms with Crippen LogP contribution in [-0.2, 0) is 16.6 Å². The predicted molar refractivity (Wildman–Crippen MR) is 113 cm³/mol. The maximum absolute atomic E-state index is 13.1. The minimum atomic E-state index is -3.74. The van der Waals surface area contributed by atoms with Gasteiger partial charge in [0, 0.05) is 25.2 Å². The van der Waals surface area contributed by atoms with Crippen LogP contribution in [0.2, 0.25) is 5.02 Å². The van der Waals surface area contributed by atoms with Gasteiger partial charge in [-0.25, -0.2) is 8.42 Å². The van der Waals surface area contributed by atoms with Crippen molar-refractivity contribution in [3.05, 3.63) is 58.6 Å². The van der Waals surface area contributed by atoms with Crippen LogP contribution in [0.15, 0.2) is 47.4 Å². The van der Waals surface area contributed by atoms with Crippen molar-refractivity contribution in [2.45, 2.75) is 37.1 Å². The summed E-state index contributed by atoms with van der Waals surface area (Å²) in [5.74, 6) is 0.339. The van der Waals surface area contributed by atoms with Crippen LogP contribution in [-0.4, -0.2) is 38.8 Å². The van der Waals surface area contributed by atoms with Crippen molar-refractivity contribution in [2.75, 3.05) is 20.2 Å². The molecule has 1 aliphatic heterocycles. The molecule has 0 aliphatic carbocycles. The van der Waals surface area contributed by atoms with Crippen molar-refractivity contribution >= 4 is 27.5 Å². The Morgan fingerprint density at radius 1 is 1.10 bits per heavy atom. The van der Waals surface area contributed by atoms with Crippen LogP contribution in [0.25, 0.3) is 0 Å². The van der Waals surface area contributed by atoms with E-state index in [0.29, 0.717) is 25.4 Å². The zero-order valence-electron chi connectivity index (χ0n) is 16.4. The molecule has 0 radical (unpaired) electrons. The highest BCUT2D eigenvalue weighted by molar-refractivity contribution is 7.89. The summed E-state index contributed by atoms with van der Waals surface area (Å²) in [7, 11) is -2.16. The maximum Gasteiger partial charge on any atom is 0.251 e. The van der Waals surface area contributed by atoms with E-state index in [1.807, 2.05) is 24.3 Å². The van der Waals surface area contributed by atoms with E-state index in [1.165, 1.54) is 22.5 Å². The average Bonchev–Trinajstić information content (AvgIpc) is 3.02. The quantitative estimate of drug-likeness (QED) is 0.746. The van der Waals surface area contributed by atoms with Crippen molar-refractivity contribution in [3.8, 4) is 5.75 Å². The fourth-order valence-corrected chi connectivity index (χ4v) is 5.35. The van der Waals surface area contributed by atoms with Crippen LogP contribution in [0.4, 0.5) is 0 Å². The Kier molecular flexibility index (Phi) is 7.16. The molecule has 0 bridgehead atoms. The smallest absolute Gasteiger partial charge is 0.251 e. The molecule has 29 heavy (non-hydrogen) atoms. The van der Waals surface area contributed by atoms with Crippen LogP contribution in [0, 0.1) is 0 Å². The Hall–Kier alpha value is -2.09. The number of hydrogen-bond donors (Lipinski definition) is 1. The lowest BCUT2D eigenvalue weighted by Gasteiger charge is -2.21. The monoisotopic (exact) mass is 436 g/mol. The molecule has 2 aromatic rings. The summed E-state index contributed by atoms with van der Waals surface area (Å²) in [6.45, 7) is 1.25. The Morgan fingerprint density at radius 3 is 2.52 bits per heavy atom. The molecule has 156 valence electrons. The molecule has 2 aromatic carbocycles. The molecule has 1 N–H and O–H groups in total. The Morgan fingerprint density at radius 2 is 1.83 bits per heavy atom. The van der Waals surface area contributed by atoms with Gasteiger partial charge in [-0.15, -0.1) is 0 Å². The number of rotatable bonds is 6. The molecule has 1 saturated heterocycles. The number of benzene rings is 2. The minimum Gasteiger partial charge on any atom is -0.497 e. The van der Waals surface area contributed by atoms with E-state index < -0.39 is 10.0 Å². The first-order chi connectivity index (χ1) is 13.9. The third kappa shape index (κ3) is 5.29. The van der Waals surface area contributed by atoms with Gasteiger partial charge in [-0.05, 0) is 48.7 Å². The summed E-state index contributed by atoms with van der Waals surface area (Å²) >= 11 is 6.20. The highest BCUT2D eigenvalue weighted by atomic mass is 35.5. The van der Waals surface area contributed by atoms with Crippen molar-refractivity contribution in [2.24, 2.45) is 0 Å². The first-order valence-electron chi connectivity index (χ1n) is 9.62. The molecule has 0 unspecified atom stereocenters. The Balaban J connectivity index is 1.77. The third-order valence-corrected chi connectivity index (χ3v) is 7.34. The molecule has 0 saturated carbocycles. The third-order valence-electron chi connectivity index (χ3n) is 4.96. The summed E-state index contributed by atoms with van der Waals surface area (Å²) in [4.78, 5) is 12.6. The van der Waals surface area contributed by atoms with Gasteiger partial charge in [0.1, 0.15) is 10.6 Å². The topological polar surface area (TPSA) is 75.7 Å². The summed E-state index contributed by atoms with van der Waals surface area (Å²) in [5, 5.41) is 2.93. The second kappa shape index (κ2) is 9.61. The zero-order valence-corrected chi connectivity index (χ0v) is 17.9. The average molecular weight is 437 g/mol. The SMILES string of the molecule is COc1cccc(CNC(=O)c2ccc(Cl)c(S(=O)(=O)N3CCCCCC3)c2)c1. The highest BCUT2D eigenvalue weighted by Gasteiger charge is 2.28. The lowest BCUT2D eigenvalue weighted by Crippen LogP contribution is -2.32. The minimum absolute atomic E-state index is 0.0184. The van der Waals surface area contributed by atoms with E-state index in [0.717, 1.165) is 31.2 Å². The van der Waals surface area contributed by atoms with Crippen LogP contribution in [0.5, 0.6) is 5.75 Å². The number of carbonyl (C=O) groups is 1. The number of halogens is 1. The molecule has 3 rings (SSSR count). The summed E-state index contributed by atoms with van der Waals surface area (Å²) in [6, 6.07) is 11.7. The van der Waals surface area contributed by atoms with Gasteiger partial charge in [0.2, 0.25) is 10.0 Å². The van der Waals surface area contributed by atoms with Gasteiger partial charge in [0.25, 0.3) is 5.91 Å². The van der Waals surface area contributed by atoms with Crippen LogP contribution >= 0.6 is 11.6 Å². The highest BCUT2D eigenvalue weighted by Crippen LogP contribution is 2.27. The van der Waals surface area contributed by atoms with E-state index in [4.69, 9.17) is 16.3 Å². The fourth-order valence-electron chi connectivity index (χ4n) is 3.33. The van der Waals surface area contributed by atoms with Crippen molar-refractivity contribution in [1.29, 1.82) is 0 Å². The van der Waals surface area contributed by atoms with Gasteiger partial charge in [-0.3, -0.25) is 4.79 Å². The largest absolute Gasteiger partial charge is 0.497 e. The van der Waals surface area contributed by atoms with E-state index >= 15 is 0 Å². The van der Waals surface area contributed by atoms with Gasteiger partial charge in [-0.1, -0.05) is 36.6 Å².